The zero-order valence-electron chi connectivity index (χ0n) is 19.4. The van der Waals surface area contributed by atoms with Crippen LogP contribution in [0.15, 0.2) is 36.8 Å². The van der Waals surface area contributed by atoms with Gasteiger partial charge in [-0.1, -0.05) is 12.1 Å². The molecule has 14 heteroatoms. The maximum Gasteiger partial charge on any atom is 0.325 e. The van der Waals surface area contributed by atoms with Gasteiger partial charge >= 0.3 is 5.97 Å². The van der Waals surface area contributed by atoms with Crippen LogP contribution in [0.4, 0.5) is 0 Å². The smallest absolute Gasteiger partial charge is 0.325 e. The van der Waals surface area contributed by atoms with Crippen molar-refractivity contribution in [2.75, 3.05) is 0 Å². The fraction of sp³-hybridized carbons (Fsp3) is 0.364. The van der Waals surface area contributed by atoms with Gasteiger partial charge in [-0.3, -0.25) is 24.0 Å². The van der Waals surface area contributed by atoms with Gasteiger partial charge in [0.25, 0.3) is 0 Å². The minimum Gasteiger partial charge on any atom is -0.508 e. The Morgan fingerprint density at radius 3 is 2.14 bits per heavy atom. The van der Waals surface area contributed by atoms with Crippen LogP contribution in [0.1, 0.15) is 24.6 Å². The molecule has 2 aromatic rings. The Balaban J connectivity index is 2.20. The van der Waals surface area contributed by atoms with Crippen molar-refractivity contribution in [3.8, 4) is 5.75 Å². The number of H-pyrrole nitrogens is 1. The molecule has 36 heavy (non-hydrogen) atoms. The average Bonchev–Trinajstić information content (AvgIpc) is 3.32. The van der Waals surface area contributed by atoms with Gasteiger partial charge in [-0.25, -0.2) is 4.98 Å². The average molecular weight is 504 g/mol. The van der Waals surface area contributed by atoms with Crippen LogP contribution in [0, 0.1) is 0 Å². The molecule has 2 rings (SSSR count). The lowest BCUT2D eigenvalue weighted by molar-refractivity contribution is -0.142. The van der Waals surface area contributed by atoms with E-state index < -0.39 is 60.2 Å². The highest BCUT2D eigenvalue weighted by Crippen LogP contribution is 2.12. The number of primary amides is 1. The molecule has 0 bridgehead atoms. The number of imidazole rings is 1. The third-order valence-corrected chi connectivity index (χ3v) is 5.11. The van der Waals surface area contributed by atoms with Crippen molar-refractivity contribution < 1.29 is 34.2 Å². The number of benzene rings is 1. The third-order valence-electron chi connectivity index (χ3n) is 5.11. The first kappa shape index (κ1) is 27.8. The number of aliphatic carboxylic acids is 1. The maximum atomic E-state index is 13.1. The summed E-state index contributed by atoms with van der Waals surface area (Å²) in [5.41, 5.74) is 12.3. The normalized spacial score (nSPS) is 14.1. The van der Waals surface area contributed by atoms with Gasteiger partial charge in [-0.2, -0.15) is 0 Å². The summed E-state index contributed by atoms with van der Waals surface area (Å²) in [4.78, 5) is 67.6. The Bertz CT molecular complexity index is 1070. The Hall–Kier alpha value is -4.46. The molecule has 0 aliphatic rings. The highest BCUT2D eigenvalue weighted by molar-refractivity contribution is 5.96. The van der Waals surface area contributed by atoms with E-state index in [-0.39, 0.29) is 18.6 Å². The Labute approximate surface area is 205 Å². The summed E-state index contributed by atoms with van der Waals surface area (Å²) in [5.74, 6) is -4.69. The van der Waals surface area contributed by atoms with Crippen molar-refractivity contribution in [1.29, 1.82) is 0 Å². The SMILES string of the molecule is CC(NC(=O)C(CC(N)=O)NC(=O)C(Cc1ccc(O)cc1)NC(=O)C(N)Cc1cnc[nH]1)C(=O)O. The summed E-state index contributed by atoms with van der Waals surface area (Å²) in [5, 5.41) is 25.6. The van der Waals surface area contributed by atoms with E-state index in [0.717, 1.165) is 0 Å². The number of carboxylic acids is 1. The molecule has 14 nitrogen and oxygen atoms in total. The molecule has 0 saturated heterocycles. The Morgan fingerprint density at radius 1 is 0.972 bits per heavy atom. The molecular weight excluding hydrogens is 474 g/mol. The van der Waals surface area contributed by atoms with Crippen LogP contribution in [-0.4, -0.2) is 73.9 Å². The minimum atomic E-state index is -1.49. The van der Waals surface area contributed by atoms with Crippen molar-refractivity contribution in [1.82, 2.24) is 25.9 Å². The van der Waals surface area contributed by atoms with E-state index in [4.69, 9.17) is 16.6 Å². The second kappa shape index (κ2) is 12.9. The molecule has 0 fully saturated rings. The first-order valence-electron chi connectivity index (χ1n) is 10.9. The molecule has 0 aliphatic carbocycles. The van der Waals surface area contributed by atoms with Gasteiger partial charge in [0.05, 0.1) is 18.8 Å². The second-order valence-electron chi connectivity index (χ2n) is 8.12. The van der Waals surface area contributed by atoms with Crippen LogP contribution in [0.2, 0.25) is 0 Å². The van der Waals surface area contributed by atoms with Gasteiger partial charge in [-0.15, -0.1) is 0 Å². The lowest BCUT2D eigenvalue weighted by atomic mass is 10.0. The summed E-state index contributed by atoms with van der Waals surface area (Å²) >= 11 is 0. The molecule has 0 aliphatic heterocycles. The van der Waals surface area contributed by atoms with E-state index in [0.29, 0.717) is 11.3 Å². The minimum absolute atomic E-state index is 0.00360. The fourth-order valence-corrected chi connectivity index (χ4v) is 3.14. The predicted octanol–water partition coefficient (Wildman–Crippen LogP) is -2.34. The van der Waals surface area contributed by atoms with Crippen molar-refractivity contribution in [2.45, 2.75) is 50.4 Å². The molecule has 10 N–H and O–H groups in total. The summed E-state index contributed by atoms with van der Waals surface area (Å²) in [6.07, 6.45) is 2.38. The van der Waals surface area contributed by atoms with E-state index in [1.807, 2.05) is 0 Å². The van der Waals surface area contributed by atoms with Crippen molar-refractivity contribution in [2.24, 2.45) is 11.5 Å². The molecule has 1 aromatic carbocycles. The fourth-order valence-electron chi connectivity index (χ4n) is 3.14. The first-order chi connectivity index (χ1) is 17.0. The highest BCUT2D eigenvalue weighted by atomic mass is 16.4. The van der Waals surface area contributed by atoms with Crippen LogP contribution in [0.25, 0.3) is 0 Å². The number of nitrogens with zero attached hydrogens (tertiary/aromatic N) is 1. The molecule has 4 amide bonds. The molecular formula is C22H29N7O7. The molecule has 1 aromatic heterocycles. The number of amides is 4. The molecule has 1 heterocycles. The molecule has 0 spiro atoms. The number of rotatable bonds is 13. The Kier molecular flexibility index (Phi) is 9.92. The van der Waals surface area contributed by atoms with Gasteiger partial charge in [-0.05, 0) is 24.6 Å². The van der Waals surface area contributed by atoms with Crippen molar-refractivity contribution in [3.05, 3.63) is 48.0 Å². The van der Waals surface area contributed by atoms with Crippen LogP contribution < -0.4 is 27.4 Å². The number of phenolic OH excluding ortho intramolecular Hbond substituents is 1. The standard InChI is InChI=1S/C22H29N7O7/c1-11(22(35)36)27-20(33)17(8-18(24)31)29-21(34)16(6-12-2-4-14(30)5-3-12)28-19(32)15(23)7-13-9-25-10-26-13/h2-5,9-11,15-17,30H,6-8,23H2,1H3,(H2,24,31)(H,25,26)(H,27,33)(H,28,32)(H,29,34)(H,35,36). The summed E-state index contributed by atoms with van der Waals surface area (Å²) in [6.45, 7) is 1.21. The molecule has 4 atom stereocenters. The number of phenols is 1. The highest BCUT2D eigenvalue weighted by Gasteiger charge is 2.30. The third kappa shape index (κ3) is 8.72. The topological polar surface area (TPSA) is 243 Å². The maximum absolute atomic E-state index is 13.1. The number of carbonyl (C=O) groups is 5. The number of aromatic hydroxyl groups is 1. The predicted molar refractivity (Wildman–Crippen MR) is 125 cm³/mol. The largest absolute Gasteiger partial charge is 0.508 e. The van der Waals surface area contributed by atoms with E-state index in [1.165, 1.54) is 43.7 Å². The zero-order chi connectivity index (χ0) is 26.8. The van der Waals surface area contributed by atoms with E-state index in [9.17, 15) is 29.1 Å². The lowest BCUT2D eigenvalue weighted by Gasteiger charge is -2.24. The number of nitrogens with two attached hydrogens (primary N) is 2. The van der Waals surface area contributed by atoms with Gasteiger partial charge in [0, 0.05) is 24.7 Å². The molecule has 0 saturated carbocycles. The van der Waals surface area contributed by atoms with E-state index >= 15 is 0 Å². The number of carboxylic acid groups (broad SMARTS) is 1. The number of aromatic nitrogens is 2. The Morgan fingerprint density at radius 2 is 1.58 bits per heavy atom. The van der Waals surface area contributed by atoms with E-state index in [2.05, 4.69) is 25.9 Å². The van der Waals surface area contributed by atoms with E-state index in [1.54, 1.807) is 0 Å². The number of aromatic amines is 1. The quantitative estimate of drug-likeness (QED) is 0.146. The zero-order valence-corrected chi connectivity index (χ0v) is 19.4. The van der Waals surface area contributed by atoms with Gasteiger partial charge in [0.15, 0.2) is 0 Å². The monoisotopic (exact) mass is 503 g/mol. The van der Waals surface area contributed by atoms with Crippen LogP contribution >= 0.6 is 0 Å². The summed E-state index contributed by atoms with van der Waals surface area (Å²) < 4.78 is 0. The number of hydrogen-bond acceptors (Lipinski definition) is 8. The number of hydrogen-bond donors (Lipinski definition) is 8. The van der Waals surface area contributed by atoms with Crippen LogP contribution in [0.5, 0.6) is 5.75 Å². The van der Waals surface area contributed by atoms with Gasteiger partial charge < -0.3 is 42.6 Å². The van der Waals surface area contributed by atoms with Crippen LogP contribution in [-0.2, 0) is 36.8 Å². The number of carbonyl (C=O) groups excluding carboxylic acids is 4. The van der Waals surface area contributed by atoms with Crippen molar-refractivity contribution >= 4 is 29.6 Å². The number of nitrogens with one attached hydrogen (secondary N) is 4. The summed E-state index contributed by atoms with van der Waals surface area (Å²) in [6, 6.07) is 0.798. The molecule has 0 radical (unpaired) electrons. The van der Waals surface area contributed by atoms with Crippen LogP contribution in [0.3, 0.4) is 0 Å². The van der Waals surface area contributed by atoms with Crippen molar-refractivity contribution in [3.63, 3.8) is 0 Å². The van der Waals surface area contributed by atoms with Gasteiger partial charge in [0.1, 0.15) is 23.9 Å². The molecule has 4 unspecified atom stereocenters. The first-order valence-corrected chi connectivity index (χ1v) is 10.9. The second-order valence-corrected chi connectivity index (χ2v) is 8.12. The lowest BCUT2D eigenvalue weighted by Crippen LogP contribution is -2.58. The summed E-state index contributed by atoms with van der Waals surface area (Å²) in [7, 11) is 0. The van der Waals surface area contributed by atoms with Gasteiger partial charge in [0.2, 0.25) is 23.6 Å². The molecule has 194 valence electrons.